The van der Waals surface area contributed by atoms with E-state index in [2.05, 4.69) is 4.72 Å². The molecule has 0 atom stereocenters. The monoisotopic (exact) mass is 270 g/mol. The summed E-state index contributed by atoms with van der Waals surface area (Å²) in [6, 6.07) is 7.03. The molecule has 5 nitrogen and oxygen atoms in total. The SMILES string of the molecule is CC1(NS(=O)(=O)CCOc2ccccc2N)CC1. The van der Waals surface area contributed by atoms with Gasteiger partial charge >= 0.3 is 0 Å². The minimum absolute atomic E-state index is 0.0586. The maximum atomic E-state index is 11.7. The molecule has 1 aromatic rings. The van der Waals surface area contributed by atoms with Gasteiger partial charge in [-0.3, -0.25) is 0 Å². The first-order valence-electron chi connectivity index (χ1n) is 5.89. The van der Waals surface area contributed by atoms with Crippen molar-refractivity contribution in [2.45, 2.75) is 25.3 Å². The standard InChI is InChI=1S/C12H18N2O3S/c1-12(6-7-12)14-18(15,16)9-8-17-11-5-3-2-4-10(11)13/h2-5,14H,6-9,13H2,1H3. The molecule has 1 aromatic carbocycles. The molecule has 0 aromatic heterocycles. The lowest BCUT2D eigenvalue weighted by molar-refractivity contribution is 0.342. The van der Waals surface area contributed by atoms with E-state index in [0.29, 0.717) is 11.4 Å². The Hall–Kier alpha value is -1.27. The summed E-state index contributed by atoms with van der Waals surface area (Å²) in [5.41, 5.74) is 5.97. The molecule has 3 N–H and O–H groups in total. The number of nitrogens with one attached hydrogen (secondary N) is 1. The molecule has 0 bridgehead atoms. The molecule has 18 heavy (non-hydrogen) atoms. The third-order valence-corrected chi connectivity index (χ3v) is 4.44. The summed E-state index contributed by atoms with van der Waals surface area (Å²) in [4.78, 5) is 0. The molecule has 0 spiro atoms. The molecule has 1 fully saturated rings. The highest BCUT2D eigenvalue weighted by Crippen LogP contribution is 2.35. The third-order valence-electron chi connectivity index (χ3n) is 2.93. The van der Waals surface area contributed by atoms with Crippen LogP contribution in [-0.2, 0) is 10.0 Å². The smallest absolute Gasteiger partial charge is 0.215 e. The second-order valence-corrected chi connectivity index (χ2v) is 6.71. The van der Waals surface area contributed by atoms with E-state index in [9.17, 15) is 8.42 Å². The first kappa shape index (κ1) is 13.2. The fraction of sp³-hybridized carbons (Fsp3) is 0.500. The van der Waals surface area contributed by atoms with E-state index in [1.807, 2.05) is 6.92 Å². The van der Waals surface area contributed by atoms with E-state index < -0.39 is 10.0 Å². The Morgan fingerprint density at radius 2 is 2.06 bits per heavy atom. The zero-order chi connectivity index (χ0) is 13.2. The lowest BCUT2D eigenvalue weighted by Gasteiger charge is -2.13. The van der Waals surface area contributed by atoms with E-state index in [4.69, 9.17) is 10.5 Å². The number of hydrogen-bond donors (Lipinski definition) is 2. The molecule has 0 saturated heterocycles. The number of sulfonamides is 1. The van der Waals surface area contributed by atoms with Crippen molar-refractivity contribution < 1.29 is 13.2 Å². The van der Waals surface area contributed by atoms with Gasteiger partial charge in [0, 0.05) is 5.54 Å². The van der Waals surface area contributed by atoms with Crippen LogP contribution in [0.25, 0.3) is 0 Å². The van der Waals surface area contributed by atoms with Gasteiger partial charge in [-0.05, 0) is 31.9 Å². The normalized spacial score (nSPS) is 17.4. The van der Waals surface area contributed by atoms with Crippen LogP contribution in [0, 0.1) is 0 Å². The predicted octanol–water partition coefficient (Wildman–Crippen LogP) is 1.12. The molecule has 2 rings (SSSR count). The van der Waals surface area contributed by atoms with Crippen LogP contribution in [0.4, 0.5) is 5.69 Å². The molecule has 1 aliphatic carbocycles. The van der Waals surface area contributed by atoms with Gasteiger partial charge in [-0.25, -0.2) is 13.1 Å². The maximum Gasteiger partial charge on any atom is 0.215 e. The van der Waals surface area contributed by atoms with Crippen LogP contribution in [0.1, 0.15) is 19.8 Å². The van der Waals surface area contributed by atoms with Crippen molar-refractivity contribution in [1.29, 1.82) is 0 Å². The number of ether oxygens (including phenoxy) is 1. The number of anilines is 1. The Labute approximate surface area is 107 Å². The van der Waals surface area contributed by atoms with E-state index in [1.54, 1.807) is 24.3 Å². The van der Waals surface area contributed by atoms with Gasteiger partial charge in [0.2, 0.25) is 10.0 Å². The lowest BCUT2D eigenvalue weighted by atomic mass is 10.3. The van der Waals surface area contributed by atoms with Crippen molar-refractivity contribution in [2.24, 2.45) is 0 Å². The van der Waals surface area contributed by atoms with Crippen LogP contribution in [0.2, 0.25) is 0 Å². The van der Waals surface area contributed by atoms with Crippen LogP contribution in [-0.4, -0.2) is 26.3 Å². The highest BCUT2D eigenvalue weighted by atomic mass is 32.2. The highest BCUT2D eigenvalue weighted by molar-refractivity contribution is 7.89. The second-order valence-electron chi connectivity index (χ2n) is 4.87. The Morgan fingerprint density at radius 3 is 2.67 bits per heavy atom. The molecule has 0 aliphatic heterocycles. The number of nitrogen functional groups attached to an aromatic ring is 1. The highest BCUT2D eigenvalue weighted by Gasteiger charge is 2.40. The number of para-hydroxylation sites is 2. The largest absolute Gasteiger partial charge is 0.490 e. The second kappa shape index (κ2) is 4.78. The van der Waals surface area contributed by atoms with Crippen LogP contribution >= 0.6 is 0 Å². The average Bonchev–Trinajstić information content (AvgIpc) is 2.97. The zero-order valence-corrected chi connectivity index (χ0v) is 11.2. The molecule has 100 valence electrons. The first-order valence-corrected chi connectivity index (χ1v) is 7.54. The van der Waals surface area contributed by atoms with Gasteiger partial charge in [0.25, 0.3) is 0 Å². The Morgan fingerprint density at radius 1 is 1.39 bits per heavy atom. The summed E-state index contributed by atoms with van der Waals surface area (Å²) in [5, 5.41) is 0. The molecule has 0 radical (unpaired) electrons. The fourth-order valence-electron chi connectivity index (χ4n) is 1.59. The first-order chi connectivity index (χ1) is 8.40. The van der Waals surface area contributed by atoms with Gasteiger partial charge < -0.3 is 10.5 Å². The van der Waals surface area contributed by atoms with Gasteiger partial charge in [0.15, 0.2) is 0 Å². The summed E-state index contributed by atoms with van der Waals surface area (Å²) in [6.07, 6.45) is 1.80. The fourth-order valence-corrected chi connectivity index (χ4v) is 2.95. The molecule has 0 heterocycles. The van der Waals surface area contributed by atoms with Crippen molar-refractivity contribution in [1.82, 2.24) is 4.72 Å². The summed E-state index contributed by atoms with van der Waals surface area (Å²) >= 11 is 0. The van der Waals surface area contributed by atoms with Gasteiger partial charge in [-0.1, -0.05) is 12.1 Å². The molecule has 1 saturated carbocycles. The Kier molecular flexibility index (Phi) is 3.49. The number of benzene rings is 1. The summed E-state index contributed by atoms with van der Waals surface area (Å²) in [6.45, 7) is 2.00. The Balaban J connectivity index is 1.83. The van der Waals surface area contributed by atoms with Crippen LogP contribution in [0.15, 0.2) is 24.3 Å². The topological polar surface area (TPSA) is 81.4 Å². The molecule has 0 unspecified atom stereocenters. The van der Waals surface area contributed by atoms with Crippen molar-refractivity contribution >= 4 is 15.7 Å². The van der Waals surface area contributed by atoms with Crippen molar-refractivity contribution in [3.8, 4) is 5.75 Å². The third kappa shape index (κ3) is 3.61. The minimum atomic E-state index is -3.28. The van der Waals surface area contributed by atoms with Crippen molar-refractivity contribution in [3.05, 3.63) is 24.3 Å². The predicted molar refractivity (Wildman–Crippen MR) is 70.9 cm³/mol. The van der Waals surface area contributed by atoms with Crippen LogP contribution < -0.4 is 15.2 Å². The quantitative estimate of drug-likeness (QED) is 0.759. The van der Waals surface area contributed by atoms with E-state index in [0.717, 1.165) is 12.8 Å². The zero-order valence-electron chi connectivity index (χ0n) is 10.3. The molecular weight excluding hydrogens is 252 g/mol. The summed E-state index contributed by atoms with van der Waals surface area (Å²) < 4.78 is 31.5. The lowest BCUT2D eigenvalue weighted by Crippen LogP contribution is -2.37. The van der Waals surface area contributed by atoms with E-state index in [-0.39, 0.29) is 17.9 Å². The molecule has 1 aliphatic rings. The van der Waals surface area contributed by atoms with Crippen molar-refractivity contribution in [2.75, 3.05) is 18.1 Å². The van der Waals surface area contributed by atoms with Crippen LogP contribution in [0.5, 0.6) is 5.75 Å². The number of nitrogens with two attached hydrogens (primary N) is 1. The van der Waals surface area contributed by atoms with Crippen molar-refractivity contribution in [3.63, 3.8) is 0 Å². The molecule has 0 amide bonds. The molecule has 6 heteroatoms. The maximum absolute atomic E-state index is 11.7. The van der Waals surface area contributed by atoms with Crippen LogP contribution in [0.3, 0.4) is 0 Å². The summed E-state index contributed by atoms with van der Waals surface area (Å²) in [5.74, 6) is 0.460. The van der Waals surface area contributed by atoms with Gasteiger partial charge in [0.05, 0.1) is 11.4 Å². The average molecular weight is 270 g/mol. The van der Waals surface area contributed by atoms with E-state index in [1.165, 1.54) is 0 Å². The van der Waals surface area contributed by atoms with Gasteiger partial charge in [-0.2, -0.15) is 0 Å². The minimum Gasteiger partial charge on any atom is -0.490 e. The number of hydrogen-bond acceptors (Lipinski definition) is 4. The number of rotatable bonds is 6. The van der Waals surface area contributed by atoms with Gasteiger partial charge in [0.1, 0.15) is 12.4 Å². The molecular formula is C12H18N2O3S. The van der Waals surface area contributed by atoms with E-state index >= 15 is 0 Å². The van der Waals surface area contributed by atoms with Gasteiger partial charge in [-0.15, -0.1) is 0 Å². The Bertz CT molecular complexity index is 524. The summed E-state index contributed by atoms with van der Waals surface area (Å²) in [7, 11) is -3.28.